The molecular formula is C18H27N5O2. The molecule has 0 spiro atoms. The molecule has 1 aliphatic rings. The van der Waals surface area contributed by atoms with Crippen molar-refractivity contribution in [3.8, 4) is 0 Å². The van der Waals surface area contributed by atoms with E-state index in [0.717, 1.165) is 61.7 Å². The molecule has 2 aromatic heterocycles. The molecule has 0 aromatic carbocycles. The van der Waals surface area contributed by atoms with E-state index in [1.54, 1.807) is 6.33 Å². The summed E-state index contributed by atoms with van der Waals surface area (Å²) in [6.07, 6.45) is 6.12. The lowest BCUT2D eigenvalue weighted by atomic mass is 9.96. The number of amides is 1. The number of nitrogens with zero attached hydrogens (tertiary/aromatic N) is 5. The van der Waals surface area contributed by atoms with Gasteiger partial charge in [-0.1, -0.05) is 12.1 Å². The lowest BCUT2D eigenvalue weighted by molar-refractivity contribution is -0.132. The molecule has 136 valence electrons. The van der Waals surface area contributed by atoms with Crippen molar-refractivity contribution in [2.75, 3.05) is 13.1 Å². The number of aryl methyl sites for hydroxylation is 3. The molecule has 1 saturated heterocycles. The fourth-order valence-corrected chi connectivity index (χ4v) is 3.66. The summed E-state index contributed by atoms with van der Waals surface area (Å²) < 4.78 is 7.31. The van der Waals surface area contributed by atoms with Crippen LogP contribution in [0.5, 0.6) is 0 Å². The first-order chi connectivity index (χ1) is 12.1. The molecule has 7 nitrogen and oxygen atoms in total. The highest BCUT2D eigenvalue weighted by molar-refractivity contribution is 5.76. The van der Waals surface area contributed by atoms with Crippen molar-refractivity contribution in [2.24, 2.45) is 0 Å². The zero-order valence-electron chi connectivity index (χ0n) is 15.4. The summed E-state index contributed by atoms with van der Waals surface area (Å²) in [4.78, 5) is 14.7. The fraction of sp³-hybridized carbons (Fsp3) is 0.667. The highest BCUT2D eigenvalue weighted by Gasteiger charge is 2.27. The Balaban J connectivity index is 1.61. The van der Waals surface area contributed by atoms with Gasteiger partial charge < -0.3 is 14.0 Å². The van der Waals surface area contributed by atoms with Gasteiger partial charge in [0.25, 0.3) is 0 Å². The van der Waals surface area contributed by atoms with Crippen LogP contribution < -0.4 is 0 Å². The van der Waals surface area contributed by atoms with Crippen LogP contribution in [0.1, 0.15) is 61.4 Å². The molecule has 0 aliphatic carbocycles. The topological polar surface area (TPSA) is 77.1 Å². The number of hydrogen-bond donors (Lipinski definition) is 0. The molecule has 2 aromatic rings. The molecule has 0 saturated carbocycles. The van der Waals surface area contributed by atoms with Crippen LogP contribution in [-0.2, 0) is 17.8 Å². The number of carbonyl (C=O) groups excluding carboxylic acids is 1. The minimum absolute atomic E-state index is 0.200. The van der Waals surface area contributed by atoms with Crippen LogP contribution in [0.25, 0.3) is 0 Å². The van der Waals surface area contributed by atoms with Crippen molar-refractivity contribution in [3.05, 3.63) is 29.2 Å². The Morgan fingerprint density at radius 1 is 1.40 bits per heavy atom. The van der Waals surface area contributed by atoms with Gasteiger partial charge in [-0.3, -0.25) is 4.79 Å². The third kappa shape index (κ3) is 3.91. The van der Waals surface area contributed by atoms with E-state index in [4.69, 9.17) is 4.52 Å². The maximum absolute atomic E-state index is 12.7. The van der Waals surface area contributed by atoms with E-state index in [1.165, 1.54) is 0 Å². The monoisotopic (exact) mass is 345 g/mol. The first kappa shape index (κ1) is 17.6. The smallest absolute Gasteiger partial charge is 0.222 e. The van der Waals surface area contributed by atoms with Gasteiger partial charge >= 0.3 is 0 Å². The van der Waals surface area contributed by atoms with Crippen LogP contribution >= 0.6 is 0 Å². The maximum Gasteiger partial charge on any atom is 0.222 e. The molecule has 0 unspecified atom stereocenters. The summed E-state index contributed by atoms with van der Waals surface area (Å²) in [5.74, 6) is 2.32. The Kier molecular flexibility index (Phi) is 5.50. The molecule has 3 heterocycles. The molecule has 0 bridgehead atoms. The Bertz CT molecular complexity index is 701. The number of rotatable bonds is 6. The third-order valence-electron chi connectivity index (χ3n) is 5.02. The third-order valence-corrected chi connectivity index (χ3v) is 5.02. The molecule has 7 heteroatoms. The van der Waals surface area contributed by atoms with E-state index >= 15 is 0 Å². The van der Waals surface area contributed by atoms with E-state index in [2.05, 4.69) is 26.8 Å². The maximum atomic E-state index is 12.7. The molecule has 1 amide bonds. The zero-order chi connectivity index (χ0) is 17.8. The molecule has 25 heavy (non-hydrogen) atoms. The van der Waals surface area contributed by atoms with Crippen LogP contribution in [0.4, 0.5) is 0 Å². The van der Waals surface area contributed by atoms with E-state index in [1.807, 2.05) is 18.7 Å². The van der Waals surface area contributed by atoms with Crippen LogP contribution in [0.3, 0.4) is 0 Å². The van der Waals surface area contributed by atoms with Crippen molar-refractivity contribution < 1.29 is 9.32 Å². The van der Waals surface area contributed by atoms with Gasteiger partial charge in [0.15, 0.2) is 0 Å². The first-order valence-corrected chi connectivity index (χ1v) is 9.17. The zero-order valence-corrected chi connectivity index (χ0v) is 15.4. The Morgan fingerprint density at radius 3 is 2.96 bits per heavy atom. The first-order valence-electron chi connectivity index (χ1n) is 9.17. The summed E-state index contributed by atoms with van der Waals surface area (Å²) in [6, 6.07) is 0. The van der Waals surface area contributed by atoms with Gasteiger partial charge in [-0.05, 0) is 39.5 Å². The molecule has 1 aliphatic heterocycles. The van der Waals surface area contributed by atoms with Gasteiger partial charge in [-0.2, -0.15) is 0 Å². The second-order valence-corrected chi connectivity index (χ2v) is 6.86. The number of likely N-dealkylation sites (tertiary alicyclic amines) is 1. The average Bonchev–Trinajstić information content (AvgIpc) is 3.20. The SMILES string of the molecule is CCCn1cnnc1[C@H]1CCCN(C(=O)CCc2c(C)noc2C)C1. The van der Waals surface area contributed by atoms with Gasteiger partial charge in [0.1, 0.15) is 17.9 Å². The van der Waals surface area contributed by atoms with Gasteiger partial charge in [0.2, 0.25) is 5.91 Å². The second kappa shape index (κ2) is 7.80. The Labute approximate surface area is 148 Å². The van der Waals surface area contributed by atoms with Crippen LogP contribution in [0.15, 0.2) is 10.9 Å². The minimum atomic E-state index is 0.200. The highest BCUT2D eigenvalue weighted by Crippen LogP contribution is 2.26. The minimum Gasteiger partial charge on any atom is -0.361 e. The highest BCUT2D eigenvalue weighted by atomic mass is 16.5. The largest absolute Gasteiger partial charge is 0.361 e. The molecular weight excluding hydrogens is 318 g/mol. The molecule has 0 N–H and O–H groups in total. The summed E-state index contributed by atoms with van der Waals surface area (Å²) >= 11 is 0. The van der Waals surface area contributed by atoms with E-state index < -0.39 is 0 Å². The van der Waals surface area contributed by atoms with Crippen molar-refractivity contribution >= 4 is 5.91 Å². The van der Waals surface area contributed by atoms with Gasteiger partial charge in [0.05, 0.1) is 5.69 Å². The van der Waals surface area contributed by atoms with E-state index in [0.29, 0.717) is 12.8 Å². The van der Waals surface area contributed by atoms with E-state index in [9.17, 15) is 4.79 Å². The van der Waals surface area contributed by atoms with Crippen molar-refractivity contribution in [3.63, 3.8) is 0 Å². The second-order valence-electron chi connectivity index (χ2n) is 6.86. The van der Waals surface area contributed by atoms with Crippen molar-refractivity contribution in [1.29, 1.82) is 0 Å². The molecule has 3 rings (SSSR count). The van der Waals surface area contributed by atoms with E-state index in [-0.39, 0.29) is 11.8 Å². The van der Waals surface area contributed by atoms with Crippen molar-refractivity contribution in [2.45, 2.75) is 65.3 Å². The number of aromatic nitrogens is 4. The predicted molar refractivity (Wildman–Crippen MR) is 93.2 cm³/mol. The standard InChI is InChI=1S/C18H27N5O2/c1-4-9-23-12-19-20-18(23)15-6-5-10-22(11-15)17(24)8-7-16-13(2)21-25-14(16)3/h12,15H,4-11H2,1-3H3/t15-/m0/s1. The lowest BCUT2D eigenvalue weighted by Gasteiger charge is -2.32. The summed E-state index contributed by atoms with van der Waals surface area (Å²) in [6.45, 7) is 8.47. The fourth-order valence-electron chi connectivity index (χ4n) is 3.66. The molecule has 1 fully saturated rings. The summed E-state index contributed by atoms with van der Waals surface area (Å²) in [7, 11) is 0. The number of carbonyl (C=O) groups is 1. The summed E-state index contributed by atoms with van der Waals surface area (Å²) in [5.41, 5.74) is 1.94. The van der Waals surface area contributed by atoms with Crippen LogP contribution in [-0.4, -0.2) is 43.8 Å². The van der Waals surface area contributed by atoms with Crippen molar-refractivity contribution in [1.82, 2.24) is 24.8 Å². The molecule has 0 radical (unpaired) electrons. The van der Waals surface area contributed by atoms with Gasteiger partial charge in [0, 0.05) is 37.5 Å². The Morgan fingerprint density at radius 2 is 2.24 bits per heavy atom. The lowest BCUT2D eigenvalue weighted by Crippen LogP contribution is -2.39. The normalized spacial score (nSPS) is 17.9. The Hall–Kier alpha value is -2.18. The quantitative estimate of drug-likeness (QED) is 0.804. The van der Waals surface area contributed by atoms with Gasteiger partial charge in [-0.25, -0.2) is 0 Å². The molecule has 1 atom stereocenters. The number of hydrogen-bond acceptors (Lipinski definition) is 5. The van der Waals surface area contributed by atoms with Crippen LogP contribution in [0, 0.1) is 13.8 Å². The summed E-state index contributed by atoms with van der Waals surface area (Å²) in [5, 5.41) is 12.3. The predicted octanol–water partition coefficient (Wildman–Crippen LogP) is 2.63. The number of piperidine rings is 1. The van der Waals surface area contributed by atoms with Gasteiger partial charge in [-0.15, -0.1) is 10.2 Å². The van der Waals surface area contributed by atoms with Crippen LogP contribution in [0.2, 0.25) is 0 Å². The average molecular weight is 345 g/mol.